The van der Waals surface area contributed by atoms with Crippen LogP contribution in [0.15, 0.2) is 18.2 Å². The summed E-state index contributed by atoms with van der Waals surface area (Å²) in [5.41, 5.74) is 0.839. The molecule has 0 spiro atoms. The van der Waals surface area contributed by atoms with Gasteiger partial charge in [0.25, 0.3) is 5.69 Å². The average molecular weight is 272 g/mol. The molecule has 18 heavy (non-hydrogen) atoms. The van der Waals surface area contributed by atoms with Crippen LogP contribution < -0.4 is 4.90 Å². The van der Waals surface area contributed by atoms with Crippen molar-refractivity contribution in [1.29, 1.82) is 0 Å². The highest BCUT2D eigenvalue weighted by Gasteiger charge is 2.11. The minimum absolute atomic E-state index is 0.0189. The predicted molar refractivity (Wildman–Crippen MR) is 74.5 cm³/mol. The molecule has 0 saturated heterocycles. The quantitative estimate of drug-likeness (QED) is 0.590. The van der Waals surface area contributed by atoms with Crippen LogP contribution in [0.4, 0.5) is 11.4 Å². The first kappa shape index (κ1) is 14.7. The maximum Gasteiger partial charge on any atom is 0.271 e. The van der Waals surface area contributed by atoms with Crippen LogP contribution in [-0.2, 0) is 0 Å². The number of anilines is 1. The molecule has 1 aromatic rings. The number of nitro benzene ring substituents is 1. The van der Waals surface area contributed by atoms with E-state index in [-0.39, 0.29) is 5.69 Å². The lowest BCUT2D eigenvalue weighted by molar-refractivity contribution is -0.384. The van der Waals surface area contributed by atoms with Gasteiger partial charge in [-0.1, -0.05) is 11.6 Å². The van der Waals surface area contributed by atoms with Crippen molar-refractivity contribution in [2.75, 3.05) is 39.1 Å². The zero-order valence-corrected chi connectivity index (χ0v) is 11.6. The lowest BCUT2D eigenvalue weighted by atomic mass is 10.2. The van der Waals surface area contributed by atoms with Crippen molar-refractivity contribution in [1.82, 2.24) is 4.90 Å². The van der Waals surface area contributed by atoms with Gasteiger partial charge in [-0.3, -0.25) is 10.1 Å². The Morgan fingerprint density at radius 2 is 1.94 bits per heavy atom. The largest absolute Gasteiger partial charge is 0.373 e. The van der Waals surface area contributed by atoms with Crippen LogP contribution in [0.1, 0.15) is 6.42 Å². The van der Waals surface area contributed by atoms with Gasteiger partial charge in [-0.2, -0.15) is 0 Å². The van der Waals surface area contributed by atoms with Crippen molar-refractivity contribution in [3.8, 4) is 0 Å². The van der Waals surface area contributed by atoms with Gasteiger partial charge in [0, 0.05) is 25.7 Å². The minimum Gasteiger partial charge on any atom is -0.373 e. The van der Waals surface area contributed by atoms with E-state index in [1.54, 1.807) is 6.07 Å². The van der Waals surface area contributed by atoms with Crippen molar-refractivity contribution >= 4 is 23.0 Å². The Hall–Kier alpha value is -1.33. The average Bonchev–Trinajstić information content (AvgIpc) is 2.27. The fourth-order valence-electron chi connectivity index (χ4n) is 1.66. The summed E-state index contributed by atoms with van der Waals surface area (Å²) in [5, 5.41) is 11.0. The molecule has 0 amide bonds. The molecule has 1 aromatic carbocycles. The molecule has 0 N–H and O–H groups in total. The third-order valence-electron chi connectivity index (χ3n) is 2.65. The van der Waals surface area contributed by atoms with Gasteiger partial charge in [-0.25, -0.2) is 0 Å². The lowest BCUT2D eigenvalue weighted by Gasteiger charge is -2.21. The molecule has 0 aliphatic rings. The number of rotatable bonds is 6. The number of nitrogens with zero attached hydrogens (tertiary/aromatic N) is 3. The molecule has 0 bridgehead atoms. The molecule has 6 heteroatoms. The van der Waals surface area contributed by atoms with Crippen molar-refractivity contribution in [3.05, 3.63) is 33.3 Å². The van der Waals surface area contributed by atoms with E-state index in [0.29, 0.717) is 5.02 Å². The lowest BCUT2D eigenvalue weighted by Crippen LogP contribution is -2.23. The monoisotopic (exact) mass is 271 g/mol. The SMILES string of the molecule is CN(C)CCCN(C)c1ccc([N+](=O)[O-])cc1Cl. The van der Waals surface area contributed by atoms with Crippen LogP contribution in [0.3, 0.4) is 0 Å². The summed E-state index contributed by atoms with van der Waals surface area (Å²) < 4.78 is 0. The van der Waals surface area contributed by atoms with Gasteiger partial charge in [0.2, 0.25) is 0 Å². The molecule has 0 unspecified atom stereocenters. The fourth-order valence-corrected chi connectivity index (χ4v) is 1.98. The summed E-state index contributed by atoms with van der Waals surface area (Å²) in [5.74, 6) is 0. The molecule has 5 nitrogen and oxygen atoms in total. The number of hydrogen-bond donors (Lipinski definition) is 0. The number of hydrogen-bond acceptors (Lipinski definition) is 4. The maximum atomic E-state index is 10.6. The Balaban J connectivity index is 2.68. The predicted octanol–water partition coefficient (Wildman–Crippen LogP) is 2.64. The van der Waals surface area contributed by atoms with E-state index in [1.165, 1.54) is 12.1 Å². The number of benzene rings is 1. The second kappa shape index (κ2) is 6.56. The van der Waals surface area contributed by atoms with E-state index in [9.17, 15) is 10.1 Å². The molecular formula is C12H18ClN3O2. The first-order valence-corrected chi connectivity index (χ1v) is 6.09. The Kier molecular flexibility index (Phi) is 5.37. The van der Waals surface area contributed by atoms with Gasteiger partial charge >= 0.3 is 0 Å². The van der Waals surface area contributed by atoms with Gasteiger partial charge in [0.05, 0.1) is 15.6 Å². The first-order valence-electron chi connectivity index (χ1n) is 5.71. The Morgan fingerprint density at radius 3 is 2.44 bits per heavy atom. The van der Waals surface area contributed by atoms with Crippen LogP contribution in [0.5, 0.6) is 0 Å². The number of nitro groups is 1. The Labute approximate surface area is 112 Å². The number of non-ortho nitro benzene ring substituents is 1. The zero-order valence-electron chi connectivity index (χ0n) is 10.9. The summed E-state index contributed by atoms with van der Waals surface area (Å²) in [6, 6.07) is 4.55. The summed E-state index contributed by atoms with van der Waals surface area (Å²) in [6.07, 6.45) is 1.01. The van der Waals surface area contributed by atoms with Gasteiger partial charge in [0.15, 0.2) is 0 Å². The van der Waals surface area contributed by atoms with E-state index >= 15 is 0 Å². The minimum atomic E-state index is -0.443. The zero-order chi connectivity index (χ0) is 13.7. The van der Waals surface area contributed by atoms with E-state index in [1.807, 2.05) is 26.0 Å². The second-order valence-electron chi connectivity index (χ2n) is 4.47. The molecule has 0 atom stereocenters. The van der Waals surface area contributed by atoms with E-state index in [0.717, 1.165) is 25.2 Å². The van der Waals surface area contributed by atoms with Crippen LogP contribution in [-0.4, -0.2) is 44.1 Å². The first-order chi connectivity index (χ1) is 8.41. The molecule has 100 valence electrons. The molecule has 0 saturated carbocycles. The summed E-state index contributed by atoms with van der Waals surface area (Å²) in [7, 11) is 5.99. The molecule has 0 aliphatic heterocycles. The summed E-state index contributed by atoms with van der Waals surface area (Å²) in [4.78, 5) is 14.3. The molecule has 0 radical (unpaired) electrons. The smallest absolute Gasteiger partial charge is 0.271 e. The topological polar surface area (TPSA) is 49.6 Å². The molecule has 0 fully saturated rings. The Morgan fingerprint density at radius 1 is 1.28 bits per heavy atom. The number of halogens is 1. The standard InChI is InChI=1S/C12H18ClN3O2/c1-14(2)7-4-8-15(3)12-6-5-10(16(17)18)9-11(12)13/h5-6,9H,4,7-8H2,1-3H3. The van der Waals surface area contributed by atoms with Crippen molar-refractivity contribution in [2.24, 2.45) is 0 Å². The highest BCUT2D eigenvalue weighted by molar-refractivity contribution is 6.33. The molecular weight excluding hydrogens is 254 g/mol. The van der Waals surface area contributed by atoms with E-state index in [2.05, 4.69) is 4.90 Å². The van der Waals surface area contributed by atoms with Crippen molar-refractivity contribution < 1.29 is 4.92 Å². The van der Waals surface area contributed by atoms with E-state index in [4.69, 9.17) is 11.6 Å². The summed E-state index contributed by atoms with van der Waals surface area (Å²) >= 11 is 6.05. The highest BCUT2D eigenvalue weighted by Crippen LogP contribution is 2.29. The van der Waals surface area contributed by atoms with Crippen molar-refractivity contribution in [3.63, 3.8) is 0 Å². The molecule has 0 aliphatic carbocycles. The van der Waals surface area contributed by atoms with Crippen LogP contribution in [0, 0.1) is 10.1 Å². The van der Waals surface area contributed by atoms with Gasteiger partial charge in [-0.15, -0.1) is 0 Å². The normalized spacial score (nSPS) is 10.7. The third kappa shape index (κ3) is 4.16. The van der Waals surface area contributed by atoms with Crippen molar-refractivity contribution in [2.45, 2.75) is 6.42 Å². The van der Waals surface area contributed by atoms with Gasteiger partial charge in [-0.05, 0) is 33.1 Å². The fraction of sp³-hybridized carbons (Fsp3) is 0.500. The van der Waals surface area contributed by atoms with Crippen LogP contribution >= 0.6 is 11.6 Å². The highest BCUT2D eigenvalue weighted by atomic mass is 35.5. The molecule has 1 rings (SSSR count). The Bertz CT molecular complexity index is 424. The van der Waals surface area contributed by atoms with Gasteiger partial charge in [0.1, 0.15) is 0 Å². The molecule has 0 heterocycles. The van der Waals surface area contributed by atoms with E-state index < -0.39 is 4.92 Å². The maximum absolute atomic E-state index is 10.6. The third-order valence-corrected chi connectivity index (χ3v) is 2.95. The molecule has 0 aromatic heterocycles. The second-order valence-corrected chi connectivity index (χ2v) is 4.88. The summed E-state index contributed by atoms with van der Waals surface area (Å²) in [6.45, 7) is 1.85. The van der Waals surface area contributed by atoms with Crippen LogP contribution in [0.2, 0.25) is 5.02 Å². The van der Waals surface area contributed by atoms with Gasteiger partial charge < -0.3 is 9.80 Å². The van der Waals surface area contributed by atoms with Crippen LogP contribution in [0.25, 0.3) is 0 Å².